The molecular weight excluding hydrogens is 413 g/mol. The van der Waals surface area contributed by atoms with Crippen molar-refractivity contribution in [2.45, 2.75) is 77.8 Å². The zero-order chi connectivity index (χ0) is 23.0. The molecule has 33 heavy (non-hydrogen) atoms. The second kappa shape index (κ2) is 8.85. The molecular formula is C28H32FN3O. The van der Waals surface area contributed by atoms with Crippen molar-refractivity contribution < 1.29 is 8.91 Å². The molecule has 0 amide bonds. The van der Waals surface area contributed by atoms with Crippen molar-refractivity contribution in [2.75, 3.05) is 0 Å². The average Bonchev–Trinajstić information content (AvgIpc) is 3.04. The lowest BCUT2D eigenvalue weighted by molar-refractivity contribution is 0.0817. The summed E-state index contributed by atoms with van der Waals surface area (Å²) in [5.74, 6) is 0.983. The fraction of sp³-hybridized carbons (Fsp3) is 0.464. The van der Waals surface area contributed by atoms with Gasteiger partial charge in [0, 0.05) is 40.4 Å². The standard InChI is InChI=1S/C28H32FN3O/c1-18-7-9-23(16-30-18)25-13-21(15-28(29)11-5-4-6-12-28)8-10-22-14-24(17-31-27(22)25)26-19(2)32-33-20(26)3/h7,9,13-14,16-17,21H,4-6,8,10-12,15H2,1-3H3. The molecule has 2 aliphatic carbocycles. The maximum absolute atomic E-state index is 15.7. The predicted octanol–water partition coefficient (Wildman–Crippen LogP) is 7.11. The van der Waals surface area contributed by atoms with E-state index in [2.05, 4.69) is 28.3 Å². The Morgan fingerprint density at radius 3 is 2.52 bits per heavy atom. The third-order valence-electron chi connectivity index (χ3n) is 7.33. The Morgan fingerprint density at radius 1 is 1.03 bits per heavy atom. The number of nitrogens with zero attached hydrogens (tertiary/aromatic N) is 3. The lowest BCUT2D eigenvalue weighted by Gasteiger charge is -2.32. The van der Waals surface area contributed by atoms with Crippen LogP contribution in [0.5, 0.6) is 0 Å². The summed E-state index contributed by atoms with van der Waals surface area (Å²) in [5.41, 5.74) is 7.15. The smallest absolute Gasteiger partial charge is 0.141 e. The van der Waals surface area contributed by atoms with Gasteiger partial charge < -0.3 is 4.52 Å². The van der Waals surface area contributed by atoms with Crippen LogP contribution in [0.3, 0.4) is 0 Å². The van der Waals surface area contributed by atoms with Crippen LogP contribution in [-0.4, -0.2) is 20.8 Å². The molecule has 0 aliphatic heterocycles. The Hall–Kier alpha value is -2.82. The first-order chi connectivity index (χ1) is 15.9. The minimum absolute atomic E-state index is 0.182. The third-order valence-corrected chi connectivity index (χ3v) is 7.33. The number of hydrogen-bond acceptors (Lipinski definition) is 4. The van der Waals surface area contributed by atoms with Gasteiger partial charge in [-0.15, -0.1) is 0 Å². The highest BCUT2D eigenvalue weighted by Crippen LogP contribution is 2.41. The highest BCUT2D eigenvalue weighted by molar-refractivity contribution is 5.81. The van der Waals surface area contributed by atoms with Gasteiger partial charge in [-0.25, -0.2) is 4.39 Å². The molecule has 4 nitrogen and oxygen atoms in total. The molecule has 3 heterocycles. The van der Waals surface area contributed by atoms with Gasteiger partial charge in [0.25, 0.3) is 0 Å². The molecule has 1 atom stereocenters. The molecule has 0 saturated heterocycles. The molecule has 0 N–H and O–H groups in total. The summed E-state index contributed by atoms with van der Waals surface area (Å²) in [4.78, 5) is 9.47. The lowest BCUT2D eigenvalue weighted by Crippen LogP contribution is -2.28. The van der Waals surface area contributed by atoms with Crippen LogP contribution in [0, 0.1) is 26.7 Å². The molecule has 3 aromatic heterocycles. The number of rotatable bonds is 4. The van der Waals surface area contributed by atoms with Crippen LogP contribution in [-0.2, 0) is 6.42 Å². The van der Waals surface area contributed by atoms with Gasteiger partial charge in [0.05, 0.1) is 11.4 Å². The van der Waals surface area contributed by atoms with Crippen molar-refractivity contribution in [3.05, 3.63) is 70.6 Å². The zero-order valence-corrected chi connectivity index (χ0v) is 19.8. The van der Waals surface area contributed by atoms with Crippen LogP contribution in [0.4, 0.5) is 4.39 Å². The van der Waals surface area contributed by atoms with Gasteiger partial charge in [-0.3, -0.25) is 9.97 Å². The van der Waals surface area contributed by atoms with Crippen LogP contribution in [0.25, 0.3) is 16.7 Å². The topological polar surface area (TPSA) is 51.8 Å². The third kappa shape index (κ3) is 4.50. The van der Waals surface area contributed by atoms with E-state index in [4.69, 9.17) is 9.51 Å². The van der Waals surface area contributed by atoms with E-state index in [0.29, 0.717) is 19.3 Å². The lowest BCUT2D eigenvalue weighted by atomic mass is 9.78. The van der Waals surface area contributed by atoms with Crippen LogP contribution in [0.1, 0.15) is 78.9 Å². The van der Waals surface area contributed by atoms with Gasteiger partial charge in [0.15, 0.2) is 0 Å². The first-order valence-electron chi connectivity index (χ1n) is 12.2. The quantitative estimate of drug-likeness (QED) is 0.429. The maximum Gasteiger partial charge on any atom is 0.141 e. The van der Waals surface area contributed by atoms with Gasteiger partial charge in [0.2, 0.25) is 0 Å². The normalized spacial score (nSPS) is 20.1. The van der Waals surface area contributed by atoms with Gasteiger partial charge in [-0.1, -0.05) is 36.6 Å². The number of aromatic nitrogens is 3. The molecule has 5 heteroatoms. The minimum atomic E-state index is -1.04. The molecule has 1 saturated carbocycles. The SMILES string of the molecule is Cc1ccc(C2=CC(CC3(F)CCCCC3)CCc3cc(-c4c(C)noc4C)cnc32)cn1. The van der Waals surface area contributed by atoms with E-state index in [0.717, 1.165) is 77.2 Å². The van der Waals surface area contributed by atoms with Gasteiger partial charge in [-0.05, 0) is 76.5 Å². The molecule has 2 aliphatic rings. The van der Waals surface area contributed by atoms with Gasteiger partial charge >= 0.3 is 0 Å². The van der Waals surface area contributed by atoms with E-state index in [-0.39, 0.29) is 5.92 Å². The van der Waals surface area contributed by atoms with Crippen LogP contribution in [0.15, 0.2) is 41.2 Å². The van der Waals surface area contributed by atoms with E-state index in [1.54, 1.807) is 0 Å². The molecule has 0 spiro atoms. The number of hydrogen-bond donors (Lipinski definition) is 0. The van der Waals surface area contributed by atoms with Crippen molar-refractivity contribution in [2.24, 2.45) is 5.92 Å². The van der Waals surface area contributed by atoms with Crippen molar-refractivity contribution in [1.82, 2.24) is 15.1 Å². The highest BCUT2D eigenvalue weighted by Gasteiger charge is 2.35. The number of fused-ring (bicyclic) bond motifs is 1. The summed E-state index contributed by atoms with van der Waals surface area (Å²) >= 11 is 0. The molecule has 172 valence electrons. The minimum Gasteiger partial charge on any atom is -0.361 e. The highest BCUT2D eigenvalue weighted by atomic mass is 19.1. The maximum atomic E-state index is 15.7. The fourth-order valence-electron chi connectivity index (χ4n) is 5.59. The van der Waals surface area contributed by atoms with E-state index in [1.165, 1.54) is 5.56 Å². The zero-order valence-electron chi connectivity index (χ0n) is 19.8. The Morgan fingerprint density at radius 2 is 1.82 bits per heavy atom. The summed E-state index contributed by atoms with van der Waals surface area (Å²) in [6.45, 7) is 5.89. The number of allylic oxidation sites excluding steroid dienone is 1. The summed E-state index contributed by atoms with van der Waals surface area (Å²) in [5, 5.41) is 4.11. The second-order valence-corrected chi connectivity index (χ2v) is 9.91. The van der Waals surface area contributed by atoms with Gasteiger partial charge in [-0.2, -0.15) is 0 Å². The van der Waals surface area contributed by atoms with Crippen molar-refractivity contribution in [3.8, 4) is 11.1 Å². The van der Waals surface area contributed by atoms with Crippen LogP contribution >= 0.6 is 0 Å². The van der Waals surface area contributed by atoms with E-state index < -0.39 is 5.67 Å². The molecule has 5 rings (SSSR count). The average molecular weight is 446 g/mol. The largest absolute Gasteiger partial charge is 0.361 e. The number of halogens is 1. The predicted molar refractivity (Wildman–Crippen MR) is 129 cm³/mol. The number of aryl methyl sites for hydroxylation is 4. The summed E-state index contributed by atoms with van der Waals surface area (Å²) < 4.78 is 21.1. The first kappa shape index (κ1) is 22.0. The Labute approximate surface area is 195 Å². The van der Waals surface area contributed by atoms with Crippen molar-refractivity contribution in [3.63, 3.8) is 0 Å². The Balaban J connectivity index is 1.55. The first-order valence-corrected chi connectivity index (χ1v) is 12.2. The van der Waals surface area contributed by atoms with Crippen molar-refractivity contribution in [1.29, 1.82) is 0 Å². The molecule has 1 unspecified atom stereocenters. The summed E-state index contributed by atoms with van der Waals surface area (Å²) in [7, 11) is 0. The Bertz CT molecular complexity index is 1150. The van der Waals surface area contributed by atoms with E-state index >= 15 is 4.39 Å². The number of pyridine rings is 2. The molecule has 0 radical (unpaired) electrons. The molecule has 0 bridgehead atoms. The second-order valence-electron chi connectivity index (χ2n) is 9.91. The molecule has 0 aromatic carbocycles. The van der Waals surface area contributed by atoms with Crippen LogP contribution in [0.2, 0.25) is 0 Å². The molecule has 3 aromatic rings. The Kier molecular flexibility index (Phi) is 5.90. The summed E-state index contributed by atoms with van der Waals surface area (Å²) in [6, 6.07) is 6.36. The number of alkyl halides is 1. The molecule has 1 fully saturated rings. The fourth-order valence-corrected chi connectivity index (χ4v) is 5.59. The van der Waals surface area contributed by atoms with Crippen LogP contribution < -0.4 is 0 Å². The van der Waals surface area contributed by atoms with E-state index in [9.17, 15) is 0 Å². The van der Waals surface area contributed by atoms with Crippen molar-refractivity contribution >= 4 is 5.57 Å². The monoisotopic (exact) mass is 445 g/mol. The summed E-state index contributed by atoms with van der Waals surface area (Å²) in [6.07, 6.45) is 13.1. The van der Waals surface area contributed by atoms with E-state index in [1.807, 2.05) is 39.2 Å². The van der Waals surface area contributed by atoms with Gasteiger partial charge in [0.1, 0.15) is 11.4 Å².